The van der Waals surface area contributed by atoms with E-state index in [9.17, 15) is 0 Å². The Balaban J connectivity index is 1.88. The molecule has 0 aliphatic rings. The van der Waals surface area contributed by atoms with Crippen LogP contribution in [-0.4, -0.2) is 16.7 Å². The van der Waals surface area contributed by atoms with E-state index < -0.39 is 0 Å². The highest BCUT2D eigenvalue weighted by Gasteiger charge is 2.04. The van der Waals surface area contributed by atoms with E-state index in [1.165, 1.54) is 0 Å². The predicted octanol–water partition coefficient (Wildman–Crippen LogP) is 2.66. The summed E-state index contributed by atoms with van der Waals surface area (Å²) >= 11 is 7.43. The molecule has 18 heavy (non-hydrogen) atoms. The van der Waals surface area contributed by atoms with Gasteiger partial charge in [-0.3, -0.25) is 0 Å². The molecule has 1 aromatic heterocycles. The van der Waals surface area contributed by atoms with Crippen molar-refractivity contribution >= 4 is 22.9 Å². The number of rotatable bonds is 6. The molecule has 0 atom stereocenters. The molecule has 0 aliphatic carbocycles. The zero-order valence-electron chi connectivity index (χ0n) is 9.80. The highest BCUT2D eigenvalue weighted by atomic mass is 35.5. The summed E-state index contributed by atoms with van der Waals surface area (Å²) in [4.78, 5) is 0. The molecule has 0 saturated carbocycles. The Morgan fingerprint density at radius 3 is 2.89 bits per heavy atom. The van der Waals surface area contributed by atoms with Crippen LogP contribution in [0.3, 0.4) is 0 Å². The van der Waals surface area contributed by atoms with Gasteiger partial charge in [0.1, 0.15) is 17.4 Å². The summed E-state index contributed by atoms with van der Waals surface area (Å²) < 4.78 is 5.59. The van der Waals surface area contributed by atoms with Crippen LogP contribution in [0.4, 0.5) is 0 Å². The standard InChI is InChI=1S/C12H14ClN3OS/c13-9-3-1-4-10(7-9)17-8-12-16-15-11(18-12)5-2-6-14/h1,3-4,7H,2,5-6,8,14H2. The van der Waals surface area contributed by atoms with Crippen molar-refractivity contribution in [2.24, 2.45) is 5.73 Å². The highest BCUT2D eigenvalue weighted by Crippen LogP contribution is 2.19. The molecular weight excluding hydrogens is 270 g/mol. The largest absolute Gasteiger partial charge is 0.486 e. The van der Waals surface area contributed by atoms with Gasteiger partial charge in [-0.25, -0.2) is 0 Å². The van der Waals surface area contributed by atoms with Crippen LogP contribution in [0.15, 0.2) is 24.3 Å². The van der Waals surface area contributed by atoms with Gasteiger partial charge in [0.2, 0.25) is 0 Å². The zero-order chi connectivity index (χ0) is 12.8. The van der Waals surface area contributed by atoms with Crippen molar-refractivity contribution in [3.63, 3.8) is 0 Å². The maximum Gasteiger partial charge on any atom is 0.155 e. The first-order chi connectivity index (χ1) is 8.78. The van der Waals surface area contributed by atoms with Crippen LogP contribution in [0.25, 0.3) is 0 Å². The molecular formula is C12H14ClN3OS. The molecule has 0 unspecified atom stereocenters. The van der Waals surface area contributed by atoms with E-state index in [1.807, 2.05) is 18.2 Å². The summed E-state index contributed by atoms with van der Waals surface area (Å²) in [5.74, 6) is 0.737. The molecule has 2 aromatic rings. The minimum absolute atomic E-state index is 0.417. The van der Waals surface area contributed by atoms with E-state index in [0.29, 0.717) is 18.2 Å². The lowest BCUT2D eigenvalue weighted by Crippen LogP contribution is -1.99. The van der Waals surface area contributed by atoms with E-state index in [4.69, 9.17) is 22.1 Å². The van der Waals surface area contributed by atoms with Crippen LogP contribution < -0.4 is 10.5 Å². The smallest absolute Gasteiger partial charge is 0.155 e. The van der Waals surface area contributed by atoms with Gasteiger partial charge < -0.3 is 10.5 Å². The SMILES string of the molecule is NCCCc1nnc(COc2cccc(Cl)c2)s1. The van der Waals surface area contributed by atoms with E-state index in [0.717, 1.165) is 28.6 Å². The van der Waals surface area contributed by atoms with Crippen molar-refractivity contribution in [3.8, 4) is 5.75 Å². The monoisotopic (exact) mass is 283 g/mol. The summed E-state index contributed by atoms with van der Waals surface area (Å²) in [7, 11) is 0. The molecule has 0 fully saturated rings. The lowest BCUT2D eigenvalue weighted by molar-refractivity contribution is 0.304. The highest BCUT2D eigenvalue weighted by molar-refractivity contribution is 7.11. The van der Waals surface area contributed by atoms with Crippen molar-refractivity contribution in [2.45, 2.75) is 19.4 Å². The van der Waals surface area contributed by atoms with Gasteiger partial charge in [0.05, 0.1) is 0 Å². The van der Waals surface area contributed by atoms with Gasteiger partial charge in [-0.05, 0) is 31.2 Å². The van der Waals surface area contributed by atoms with E-state index >= 15 is 0 Å². The molecule has 1 heterocycles. The first kappa shape index (κ1) is 13.3. The number of hydrogen-bond donors (Lipinski definition) is 1. The molecule has 0 bridgehead atoms. The average molecular weight is 284 g/mol. The minimum atomic E-state index is 0.417. The van der Waals surface area contributed by atoms with Crippen LogP contribution in [0.5, 0.6) is 5.75 Å². The first-order valence-corrected chi connectivity index (χ1v) is 6.87. The maximum atomic E-state index is 5.87. The first-order valence-electron chi connectivity index (χ1n) is 5.67. The molecule has 2 N–H and O–H groups in total. The van der Waals surface area contributed by atoms with Gasteiger partial charge in [0, 0.05) is 11.4 Å². The van der Waals surface area contributed by atoms with Crippen molar-refractivity contribution in [3.05, 3.63) is 39.3 Å². The average Bonchev–Trinajstić information content (AvgIpc) is 2.82. The molecule has 0 saturated heterocycles. The number of hydrogen-bond acceptors (Lipinski definition) is 5. The van der Waals surface area contributed by atoms with Gasteiger partial charge in [-0.15, -0.1) is 10.2 Å². The van der Waals surface area contributed by atoms with E-state index in [1.54, 1.807) is 17.4 Å². The number of ether oxygens (including phenoxy) is 1. The fraction of sp³-hybridized carbons (Fsp3) is 0.333. The second-order valence-electron chi connectivity index (χ2n) is 3.73. The van der Waals surface area contributed by atoms with Gasteiger partial charge in [-0.2, -0.15) is 0 Å². The van der Waals surface area contributed by atoms with Crippen LogP contribution in [-0.2, 0) is 13.0 Å². The Morgan fingerprint density at radius 2 is 2.11 bits per heavy atom. The maximum absolute atomic E-state index is 5.87. The van der Waals surface area contributed by atoms with Crippen LogP contribution in [0.2, 0.25) is 5.02 Å². The fourth-order valence-corrected chi connectivity index (χ4v) is 2.38. The molecule has 96 valence electrons. The predicted molar refractivity (Wildman–Crippen MR) is 73.1 cm³/mol. The third-order valence-electron chi connectivity index (χ3n) is 2.26. The molecule has 0 aliphatic heterocycles. The summed E-state index contributed by atoms with van der Waals surface area (Å²) in [6, 6.07) is 7.30. The molecule has 4 nitrogen and oxygen atoms in total. The fourth-order valence-electron chi connectivity index (χ4n) is 1.40. The number of nitrogens with two attached hydrogens (primary N) is 1. The molecule has 0 radical (unpaired) electrons. The lowest BCUT2D eigenvalue weighted by atomic mass is 10.3. The van der Waals surface area contributed by atoms with Gasteiger partial charge in [0.25, 0.3) is 0 Å². The Bertz CT molecular complexity index is 504. The summed E-state index contributed by atoms with van der Waals surface area (Å²) in [6.45, 7) is 1.09. The Hall–Kier alpha value is -1.17. The van der Waals surface area contributed by atoms with Crippen molar-refractivity contribution in [1.29, 1.82) is 0 Å². The van der Waals surface area contributed by atoms with Crippen molar-refractivity contribution in [2.75, 3.05) is 6.54 Å². The molecule has 6 heteroatoms. The summed E-state index contributed by atoms with van der Waals surface area (Å²) in [5.41, 5.74) is 5.45. The van der Waals surface area contributed by atoms with Crippen LogP contribution in [0, 0.1) is 0 Å². The van der Waals surface area contributed by atoms with E-state index in [2.05, 4.69) is 10.2 Å². The Labute approximate surface area is 115 Å². The minimum Gasteiger partial charge on any atom is -0.486 e. The second-order valence-corrected chi connectivity index (χ2v) is 5.31. The number of aryl methyl sites for hydroxylation is 1. The quantitative estimate of drug-likeness (QED) is 0.885. The van der Waals surface area contributed by atoms with Crippen LogP contribution in [0.1, 0.15) is 16.4 Å². The third-order valence-corrected chi connectivity index (χ3v) is 3.45. The number of benzene rings is 1. The van der Waals surface area contributed by atoms with Gasteiger partial charge >= 0.3 is 0 Å². The third kappa shape index (κ3) is 3.94. The van der Waals surface area contributed by atoms with E-state index in [-0.39, 0.29) is 0 Å². The molecule has 0 spiro atoms. The summed E-state index contributed by atoms with van der Waals surface area (Å²) in [5, 5.41) is 10.7. The summed E-state index contributed by atoms with van der Waals surface area (Å²) in [6.07, 6.45) is 1.81. The normalized spacial score (nSPS) is 10.6. The molecule has 1 aromatic carbocycles. The van der Waals surface area contributed by atoms with Crippen molar-refractivity contribution < 1.29 is 4.74 Å². The second kappa shape index (κ2) is 6.68. The zero-order valence-corrected chi connectivity index (χ0v) is 11.4. The van der Waals surface area contributed by atoms with Crippen molar-refractivity contribution in [1.82, 2.24) is 10.2 Å². The number of halogens is 1. The number of nitrogens with zero attached hydrogens (tertiary/aromatic N) is 2. The number of aromatic nitrogens is 2. The molecule has 2 rings (SSSR count). The lowest BCUT2D eigenvalue weighted by Gasteiger charge is -2.03. The van der Waals surface area contributed by atoms with Crippen LogP contribution >= 0.6 is 22.9 Å². The topological polar surface area (TPSA) is 61.0 Å². The Kier molecular flexibility index (Phi) is 4.92. The Morgan fingerprint density at radius 1 is 1.28 bits per heavy atom. The van der Waals surface area contributed by atoms with Gasteiger partial charge in [-0.1, -0.05) is 29.0 Å². The molecule has 0 amide bonds. The van der Waals surface area contributed by atoms with Gasteiger partial charge in [0.15, 0.2) is 5.01 Å².